The molecular weight excluding hydrogens is 314 g/mol. The van der Waals surface area contributed by atoms with Gasteiger partial charge in [-0.05, 0) is 18.3 Å². The molecule has 1 aliphatic rings. The number of piperazine rings is 1. The molecule has 0 amide bonds. The molecule has 0 radical (unpaired) electrons. The van der Waals surface area contributed by atoms with Crippen LogP contribution >= 0.6 is 0 Å². The van der Waals surface area contributed by atoms with Gasteiger partial charge in [0.15, 0.2) is 0 Å². The Bertz CT molecular complexity index is 723. The Balaban J connectivity index is 1.77. The first kappa shape index (κ1) is 15.8. The van der Waals surface area contributed by atoms with E-state index in [2.05, 4.69) is 36.1 Å². The smallest absolute Gasteiger partial charge is 0.293 e. The van der Waals surface area contributed by atoms with E-state index in [1.54, 1.807) is 12.1 Å². The summed E-state index contributed by atoms with van der Waals surface area (Å²) >= 11 is 0. The summed E-state index contributed by atoms with van der Waals surface area (Å²) in [6.07, 6.45) is 1.47. The molecule has 0 bridgehead atoms. The minimum Gasteiger partial charge on any atom is -0.363 e. The summed E-state index contributed by atoms with van der Waals surface area (Å²) in [5.74, 6) is 0.217. The van der Waals surface area contributed by atoms with Gasteiger partial charge in [0.1, 0.15) is 5.69 Å². The van der Waals surface area contributed by atoms with Gasteiger partial charge in [-0.15, -0.1) is 5.10 Å². The molecular formula is C13H17N9O2. The van der Waals surface area contributed by atoms with Gasteiger partial charge in [0.05, 0.1) is 11.1 Å². The Hall–Kier alpha value is -3.08. The van der Waals surface area contributed by atoms with Gasteiger partial charge < -0.3 is 9.80 Å². The fraction of sp³-hybridized carbons (Fsp3) is 0.385. The molecule has 1 saturated heterocycles. The number of nitro groups is 1. The van der Waals surface area contributed by atoms with Crippen molar-refractivity contribution in [3.05, 3.63) is 33.9 Å². The molecule has 0 unspecified atom stereocenters. The van der Waals surface area contributed by atoms with Crippen molar-refractivity contribution in [2.24, 2.45) is 5.10 Å². The second-order valence-corrected chi connectivity index (χ2v) is 5.40. The molecule has 11 heteroatoms. The van der Waals surface area contributed by atoms with Gasteiger partial charge in [-0.3, -0.25) is 10.1 Å². The predicted octanol–water partition coefficient (Wildman–Crippen LogP) is 0.306. The third kappa shape index (κ3) is 3.63. The van der Waals surface area contributed by atoms with Crippen molar-refractivity contribution in [3.8, 4) is 0 Å². The molecule has 0 spiro atoms. The summed E-state index contributed by atoms with van der Waals surface area (Å²) in [7, 11) is 2.04. The lowest BCUT2D eigenvalue weighted by Gasteiger charge is -2.33. The van der Waals surface area contributed by atoms with E-state index >= 15 is 0 Å². The normalized spacial score (nSPS) is 15.8. The van der Waals surface area contributed by atoms with E-state index in [0.29, 0.717) is 11.3 Å². The maximum absolute atomic E-state index is 11.4. The molecule has 0 atom stereocenters. The average molecular weight is 331 g/mol. The van der Waals surface area contributed by atoms with Crippen LogP contribution in [0, 0.1) is 10.1 Å². The molecule has 2 N–H and O–H groups in total. The number of nitro benzene ring substituents is 1. The zero-order valence-electron chi connectivity index (χ0n) is 13.1. The SMILES string of the molecule is CN1CCN(c2ccc(/C=N\Nc3nn[nH]n3)cc2[N+](=O)[O-])CC1. The topological polar surface area (TPSA) is 128 Å². The van der Waals surface area contributed by atoms with Crippen molar-refractivity contribution in [2.75, 3.05) is 43.6 Å². The number of rotatable bonds is 5. The van der Waals surface area contributed by atoms with Crippen LogP contribution in [0.25, 0.3) is 0 Å². The highest BCUT2D eigenvalue weighted by atomic mass is 16.6. The lowest BCUT2D eigenvalue weighted by atomic mass is 10.1. The molecule has 1 aromatic carbocycles. The van der Waals surface area contributed by atoms with Gasteiger partial charge in [-0.25, -0.2) is 5.43 Å². The molecule has 1 fully saturated rings. The molecule has 1 aromatic heterocycles. The molecule has 2 heterocycles. The van der Waals surface area contributed by atoms with Crippen LogP contribution in [-0.4, -0.2) is 69.9 Å². The van der Waals surface area contributed by atoms with E-state index in [-0.39, 0.29) is 16.6 Å². The van der Waals surface area contributed by atoms with Crippen LogP contribution in [-0.2, 0) is 0 Å². The number of nitrogens with one attached hydrogen (secondary N) is 2. The zero-order valence-corrected chi connectivity index (χ0v) is 13.1. The maximum Gasteiger partial charge on any atom is 0.293 e. The van der Waals surface area contributed by atoms with Gasteiger partial charge in [0, 0.05) is 37.8 Å². The number of benzene rings is 1. The summed E-state index contributed by atoms with van der Waals surface area (Å²) in [6, 6.07) is 5.07. The van der Waals surface area contributed by atoms with Gasteiger partial charge in [-0.2, -0.15) is 10.3 Å². The molecule has 0 saturated carbocycles. The highest BCUT2D eigenvalue weighted by molar-refractivity contribution is 5.83. The monoisotopic (exact) mass is 331 g/mol. The molecule has 11 nitrogen and oxygen atoms in total. The zero-order chi connectivity index (χ0) is 16.9. The highest BCUT2D eigenvalue weighted by Crippen LogP contribution is 2.29. The van der Waals surface area contributed by atoms with Gasteiger partial charge in [0.25, 0.3) is 11.6 Å². The highest BCUT2D eigenvalue weighted by Gasteiger charge is 2.22. The number of likely N-dealkylation sites (N-methyl/N-ethyl adjacent to an activating group) is 1. The Morgan fingerprint density at radius 3 is 2.83 bits per heavy atom. The standard InChI is InChI=1S/C13H17N9O2/c1-20-4-6-21(7-5-20)11-3-2-10(8-12(11)22(23)24)9-14-15-13-16-18-19-17-13/h2-3,8-9H,4-7H2,1H3,(H2,15,16,17,18,19)/b14-9-. The number of aromatic amines is 1. The number of hydrogen-bond donors (Lipinski definition) is 2. The van der Waals surface area contributed by atoms with Crippen LogP contribution in [0.2, 0.25) is 0 Å². The Morgan fingerprint density at radius 1 is 1.38 bits per heavy atom. The summed E-state index contributed by atoms with van der Waals surface area (Å²) in [6.45, 7) is 3.30. The molecule has 24 heavy (non-hydrogen) atoms. The number of hydrogen-bond acceptors (Lipinski definition) is 9. The quantitative estimate of drug-likeness (QED) is 0.455. The fourth-order valence-corrected chi connectivity index (χ4v) is 2.46. The summed E-state index contributed by atoms with van der Waals surface area (Å²) in [4.78, 5) is 15.3. The third-order valence-corrected chi connectivity index (χ3v) is 3.76. The van der Waals surface area contributed by atoms with Crippen LogP contribution in [0.5, 0.6) is 0 Å². The van der Waals surface area contributed by atoms with Crippen LogP contribution in [0.4, 0.5) is 17.3 Å². The van der Waals surface area contributed by atoms with E-state index in [9.17, 15) is 10.1 Å². The first-order valence-electron chi connectivity index (χ1n) is 7.38. The van der Waals surface area contributed by atoms with E-state index < -0.39 is 0 Å². The van der Waals surface area contributed by atoms with Gasteiger partial charge >= 0.3 is 0 Å². The summed E-state index contributed by atoms with van der Waals surface area (Å²) in [5.41, 5.74) is 3.89. The number of tetrazole rings is 1. The minimum atomic E-state index is -0.363. The number of anilines is 2. The summed E-state index contributed by atoms with van der Waals surface area (Å²) in [5, 5.41) is 28.4. The van der Waals surface area contributed by atoms with Crippen LogP contribution < -0.4 is 10.3 Å². The van der Waals surface area contributed by atoms with Crippen molar-refractivity contribution < 1.29 is 4.92 Å². The Morgan fingerprint density at radius 2 is 2.17 bits per heavy atom. The van der Waals surface area contributed by atoms with Crippen LogP contribution in [0.1, 0.15) is 5.56 Å². The average Bonchev–Trinajstić information content (AvgIpc) is 3.09. The lowest BCUT2D eigenvalue weighted by Crippen LogP contribution is -2.44. The number of nitrogens with zero attached hydrogens (tertiary/aromatic N) is 7. The first-order chi connectivity index (χ1) is 11.6. The minimum absolute atomic E-state index is 0.0723. The second-order valence-electron chi connectivity index (χ2n) is 5.40. The molecule has 0 aliphatic carbocycles. The van der Waals surface area contributed by atoms with E-state index in [4.69, 9.17) is 0 Å². The fourth-order valence-electron chi connectivity index (χ4n) is 2.46. The molecule has 2 aromatic rings. The molecule has 1 aliphatic heterocycles. The van der Waals surface area contributed by atoms with Gasteiger partial charge in [-0.1, -0.05) is 11.2 Å². The number of H-pyrrole nitrogens is 1. The second kappa shape index (κ2) is 7.00. The van der Waals surface area contributed by atoms with E-state index in [1.165, 1.54) is 12.3 Å². The number of hydrazone groups is 1. The summed E-state index contributed by atoms with van der Waals surface area (Å²) < 4.78 is 0. The van der Waals surface area contributed by atoms with Crippen LogP contribution in [0.3, 0.4) is 0 Å². The largest absolute Gasteiger partial charge is 0.363 e. The van der Waals surface area contributed by atoms with Crippen molar-refractivity contribution >= 4 is 23.5 Å². The van der Waals surface area contributed by atoms with E-state index in [0.717, 1.165) is 26.2 Å². The Kier molecular flexibility index (Phi) is 4.61. The Labute approximate surface area is 137 Å². The van der Waals surface area contributed by atoms with Crippen molar-refractivity contribution in [1.82, 2.24) is 25.5 Å². The van der Waals surface area contributed by atoms with Crippen molar-refractivity contribution in [3.63, 3.8) is 0 Å². The van der Waals surface area contributed by atoms with E-state index in [1.807, 2.05) is 11.9 Å². The van der Waals surface area contributed by atoms with Crippen molar-refractivity contribution in [1.29, 1.82) is 0 Å². The lowest BCUT2D eigenvalue weighted by molar-refractivity contribution is -0.384. The van der Waals surface area contributed by atoms with Gasteiger partial charge in [0.2, 0.25) is 0 Å². The molecule has 126 valence electrons. The third-order valence-electron chi connectivity index (χ3n) is 3.76. The number of aromatic nitrogens is 4. The van der Waals surface area contributed by atoms with Crippen LogP contribution in [0.15, 0.2) is 23.3 Å². The molecule has 3 rings (SSSR count). The maximum atomic E-state index is 11.4. The van der Waals surface area contributed by atoms with Crippen molar-refractivity contribution in [2.45, 2.75) is 0 Å². The predicted molar refractivity (Wildman–Crippen MR) is 88.2 cm³/mol. The first-order valence-corrected chi connectivity index (χ1v) is 7.38.